The zero-order valence-electron chi connectivity index (χ0n) is 20.0. The van der Waals surface area contributed by atoms with Crippen molar-refractivity contribution >= 4 is 10.8 Å². The van der Waals surface area contributed by atoms with Gasteiger partial charge in [-0.05, 0) is 59.5 Å². The highest BCUT2D eigenvalue weighted by atomic mass is 19.2. The molecule has 0 aliphatic rings. The molecule has 0 unspecified atom stereocenters. The van der Waals surface area contributed by atoms with Gasteiger partial charge in [-0.1, -0.05) is 56.5 Å². The molecule has 188 valence electrons. The summed E-state index contributed by atoms with van der Waals surface area (Å²) in [6.45, 7) is 2.50. The molecular formula is C30H27F5O. The third-order valence-corrected chi connectivity index (χ3v) is 6.27. The van der Waals surface area contributed by atoms with E-state index >= 15 is 4.39 Å². The molecule has 0 aromatic heterocycles. The highest BCUT2D eigenvalue weighted by molar-refractivity contribution is 5.88. The van der Waals surface area contributed by atoms with E-state index in [1.165, 1.54) is 30.3 Å². The van der Waals surface area contributed by atoms with Crippen LogP contribution >= 0.6 is 0 Å². The van der Waals surface area contributed by atoms with E-state index < -0.39 is 29.1 Å². The van der Waals surface area contributed by atoms with Gasteiger partial charge in [0.2, 0.25) is 0 Å². The molecule has 0 radical (unpaired) electrons. The van der Waals surface area contributed by atoms with Crippen molar-refractivity contribution in [3.8, 4) is 16.9 Å². The van der Waals surface area contributed by atoms with Crippen molar-refractivity contribution in [3.63, 3.8) is 0 Å². The number of ether oxygens (including phenoxy) is 1. The third-order valence-electron chi connectivity index (χ3n) is 6.27. The molecule has 0 amide bonds. The van der Waals surface area contributed by atoms with E-state index in [1.807, 2.05) is 0 Å². The van der Waals surface area contributed by atoms with Crippen molar-refractivity contribution in [1.29, 1.82) is 0 Å². The van der Waals surface area contributed by atoms with E-state index in [2.05, 4.69) is 6.92 Å². The quantitative estimate of drug-likeness (QED) is 0.157. The van der Waals surface area contributed by atoms with Crippen LogP contribution in [0.3, 0.4) is 0 Å². The maximum Gasteiger partial charge on any atom is 0.159 e. The summed E-state index contributed by atoms with van der Waals surface area (Å²) in [6.07, 6.45) is 4.62. The van der Waals surface area contributed by atoms with Gasteiger partial charge in [0, 0.05) is 17.5 Å². The number of unbranched alkanes of at least 4 members (excludes halogenated alkanes) is 3. The Morgan fingerprint density at radius 2 is 1.44 bits per heavy atom. The second-order valence-electron chi connectivity index (χ2n) is 8.89. The lowest BCUT2D eigenvalue weighted by atomic mass is 9.96. The minimum Gasteiger partial charge on any atom is -0.493 e. The summed E-state index contributed by atoms with van der Waals surface area (Å²) in [6, 6.07) is 13.8. The van der Waals surface area contributed by atoms with E-state index in [9.17, 15) is 17.6 Å². The summed E-state index contributed by atoms with van der Waals surface area (Å²) < 4.78 is 76.9. The number of halogens is 5. The largest absolute Gasteiger partial charge is 0.493 e. The molecule has 1 nitrogen and oxygen atoms in total. The molecule has 36 heavy (non-hydrogen) atoms. The zero-order chi connectivity index (χ0) is 25.7. The van der Waals surface area contributed by atoms with Crippen LogP contribution in [0.2, 0.25) is 0 Å². The second kappa shape index (κ2) is 11.5. The molecule has 0 fully saturated rings. The minimum atomic E-state index is -0.940. The van der Waals surface area contributed by atoms with E-state index in [0.717, 1.165) is 37.8 Å². The van der Waals surface area contributed by atoms with E-state index in [4.69, 9.17) is 4.74 Å². The first-order valence-electron chi connectivity index (χ1n) is 12.1. The summed E-state index contributed by atoms with van der Waals surface area (Å²) in [5.41, 5.74) is 1.07. The Balaban J connectivity index is 1.52. The van der Waals surface area contributed by atoms with Crippen LogP contribution in [0.5, 0.6) is 5.75 Å². The molecule has 0 bridgehead atoms. The molecule has 4 aromatic rings. The van der Waals surface area contributed by atoms with Crippen molar-refractivity contribution in [2.75, 3.05) is 6.61 Å². The standard InChI is InChI=1S/C30H27F5O/c1-2-3-4-5-14-36-23-17-27(33)29(28(34)18-23)22-11-12-24-21(16-22)10-9-20(30(24)35)8-6-19-7-13-25(31)26(32)15-19/h7,9-13,15-18H,2-6,8,14H2,1H3. The fraction of sp³-hybridized carbons (Fsp3) is 0.267. The van der Waals surface area contributed by atoms with Crippen LogP contribution in [0.4, 0.5) is 22.0 Å². The maximum absolute atomic E-state index is 15.2. The summed E-state index contributed by atoms with van der Waals surface area (Å²) in [5.74, 6) is -3.67. The van der Waals surface area contributed by atoms with E-state index in [1.54, 1.807) is 18.2 Å². The van der Waals surface area contributed by atoms with Crippen molar-refractivity contribution in [2.45, 2.75) is 45.4 Å². The molecule has 4 rings (SSSR count). The van der Waals surface area contributed by atoms with Gasteiger partial charge in [-0.25, -0.2) is 22.0 Å². The van der Waals surface area contributed by atoms with Gasteiger partial charge in [0.1, 0.15) is 23.2 Å². The Morgan fingerprint density at radius 1 is 0.667 bits per heavy atom. The number of benzene rings is 4. The van der Waals surface area contributed by atoms with Gasteiger partial charge < -0.3 is 4.74 Å². The number of aryl methyl sites for hydroxylation is 2. The van der Waals surface area contributed by atoms with Crippen LogP contribution in [0.1, 0.15) is 43.7 Å². The normalized spacial score (nSPS) is 11.3. The Kier molecular flexibility index (Phi) is 8.24. The van der Waals surface area contributed by atoms with E-state index in [0.29, 0.717) is 40.5 Å². The zero-order valence-corrected chi connectivity index (χ0v) is 20.0. The monoisotopic (exact) mass is 498 g/mol. The van der Waals surface area contributed by atoms with Crippen LogP contribution in [0.15, 0.2) is 60.7 Å². The molecule has 0 saturated heterocycles. The predicted octanol–water partition coefficient (Wildman–Crippen LogP) is 8.95. The fourth-order valence-electron chi connectivity index (χ4n) is 4.29. The number of hydrogen-bond acceptors (Lipinski definition) is 1. The lowest BCUT2D eigenvalue weighted by Gasteiger charge is -2.12. The van der Waals surface area contributed by atoms with Crippen LogP contribution in [-0.2, 0) is 12.8 Å². The molecule has 0 spiro atoms. The topological polar surface area (TPSA) is 9.23 Å². The molecular weight excluding hydrogens is 471 g/mol. The number of hydrogen-bond donors (Lipinski definition) is 0. The first kappa shape index (κ1) is 25.7. The van der Waals surface area contributed by atoms with Crippen LogP contribution in [0.25, 0.3) is 21.9 Å². The van der Waals surface area contributed by atoms with Gasteiger partial charge >= 0.3 is 0 Å². The van der Waals surface area contributed by atoms with Gasteiger partial charge in [0.15, 0.2) is 11.6 Å². The lowest BCUT2D eigenvalue weighted by molar-refractivity contribution is 0.302. The summed E-state index contributed by atoms with van der Waals surface area (Å²) in [4.78, 5) is 0. The van der Waals surface area contributed by atoms with Crippen molar-refractivity contribution < 1.29 is 26.7 Å². The van der Waals surface area contributed by atoms with E-state index in [-0.39, 0.29) is 17.7 Å². The van der Waals surface area contributed by atoms with Crippen LogP contribution in [-0.4, -0.2) is 6.61 Å². The smallest absolute Gasteiger partial charge is 0.159 e. The van der Waals surface area contributed by atoms with Gasteiger partial charge in [0.25, 0.3) is 0 Å². The lowest BCUT2D eigenvalue weighted by Crippen LogP contribution is -2.00. The molecule has 0 atom stereocenters. The number of rotatable bonds is 10. The predicted molar refractivity (Wildman–Crippen MR) is 133 cm³/mol. The summed E-state index contributed by atoms with van der Waals surface area (Å²) in [5, 5.41) is 0.811. The Bertz CT molecular complexity index is 1340. The second-order valence-corrected chi connectivity index (χ2v) is 8.89. The van der Waals surface area contributed by atoms with Crippen LogP contribution < -0.4 is 4.74 Å². The molecule has 0 aliphatic heterocycles. The first-order chi connectivity index (χ1) is 17.4. The molecule has 0 heterocycles. The number of fused-ring (bicyclic) bond motifs is 1. The third kappa shape index (κ3) is 5.86. The average Bonchev–Trinajstić information content (AvgIpc) is 2.85. The fourth-order valence-corrected chi connectivity index (χ4v) is 4.29. The molecule has 0 saturated carbocycles. The Morgan fingerprint density at radius 3 is 2.17 bits per heavy atom. The van der Waals surface area contributed by atoms with Crippen molar-refractivity contribution in [1.82, 2.24) is 0 Å². The minimum absolute atomic E-state index is 0.141. The SMILES string of the molecule is CCCCCCOc1cc(F)c(-c2ccc3c(F)c(CCc4ccc(F)c(F)c4)ccc3c2)c(F)c1. The van der Waals surface area contributed by atoms with Gasteiger partial charge in [-0.15, -0.1) is 0 Å². The molecule has 6 heteroatoms. The molecule has 0 aliphatic carbocycles. The Labute approximate surface area is 207 Å². The average molecular weight is 499 g/mol. The highest BCUT2D eigenvalue weighted by Crippen LogP contribution is 2.33. The van der Waals surface area contributed by atoms with Crippen molar-refractivity contribution in [2.24, 2.45) is 0 Å². The molecule has 0 N–H and O–H groups in total. The highest BCUT2D eigenvalue weighted by Gasteiger charge is 2.16. The molecule has 4 aromatic carbocycles. The summed E-state index contributed by atoms with van der Waals surface area (Å²) >= 11 is 0. The first-order valence-corrected chi connectivity index (χ1v) is 12.1. The summed E-state index contributed by atoms with van der Waals surface area (Å²) in [7, 11) is 0. The van der Waals surface area contributed by atoms with Gasteiger partial charge in [-0.3, -0.25) is 0 Å². The van der Waals surface area contributed by atoms with Crippen LogP contribution in [0, 0.1) is 29.1 Å². The Hall–Kier alpha value is -3.41. The van der Waals surface area contributed by atoms with Gasteiger partial charge in [-0.2, -0.15) is 0 Å². The van der Waals surface area contributed by atoms with Crippen molar-refractivity contribution in [3.05, 3.63) is 101 Å². The van der Waals surface area contributed by atoms with Gasteiger partial charge in [0.05, 0.1) is 12.2 Å². The maximum atomic E-state index is 15.2.